The fourth-order valence-electron chi connectivity index (χ4n) is 3.13. The molecule has 2 nitrogen and oxygen atoms in total. The lowest BCUT2D eigenvalue weighted by Crippen LogP contribution is -2.40. The zero-order valence-electron chi connectivity index (χ0n) is 17.9. The average Bonchev–Trinajstić information content (AvgIpc) is 2.64. The minimum absolute atomic E-state index is 0.193. The molecule has 1 fully saturated rings. The molecule has 0 amide bonds. The monoisotopic (exact) mass is 404 g/mol. The predicted octanol–water partition coefficient (Wildman–Crippen LogP) is 7.39. The summed E-state index contributed by atoms with van der Waals surface area (Å²) >= 11 is 1.87. The van der Waals surface area contributed by atoms with Gasteiger partial charge in [0.25, 0.3) is 0 Å². The van der Waals surface area contributed by atoms with Gasteiger partial charge in [-0.15, -0.1) is 0 Å². The molecule has 0 spiro atoms. The van der Waals surface area contributed by atoms with E-state index in [9.17, 15) is 0 Å². The Kier molecular flexibility index (Phi) is 8.30. The molecule has 27 heavy (non-hydrogen) atoms. The van der Waals surface area contributed by atoms with Crippen LogP contribution in [0.3, 0.4) is 0 Å². The summed E-state index contributed by atoms with van der Waals surface area (Å²) in [6.07, 6.45) is 6.52. The van der Waals surface area contributed by atoms with Crippen molar-refractivity contribution in [1.82, 2.24) is 0 Å². The quantitative estimate of drug-likeness (QED) is 0.155. The Morgan fingerprint density at radius 1 is 1.11 bits per heavy atom. The maximum Gasteiger partial charge on any atom is 0.188 e. The summed E-state index contributed by atoms with van der Waals surface area (Å²) in [5.74, 6) is 0.592. The molecular weight excluding hydrogens is 368 g/mol. The summed E-state index contributed by atoms with van der Waals surface area (Å²) < 4.78 is 11.4. The van der Waals surface area contributed by atoms with E-state index in [1.807, 2.05) is 11.8 Å². The van der Waals surface area contributed by atoms with Crippen molar-refractivity contribution in [2.45, 2.75) is 75.9 Å². The van der Waals surface area contributed by atoms with E-state index in [2.05, 4.69) is 69.9 Å². The van der Waals surface area contributed by atoms with E-state index >= 15 is 0 Å². The van der Waals surface area contributed by atoms with E-state index in [1.54, 1.807) is 7.11 Å². The fraction of sp³-hybridized carbons (Fsp3) is 0.609. The number of ether oxygens (including phenoxy) is 2. The Bertz CT molecular complexity index is 649. The standard InChI is InChI=1S/C23H36O2SSi/c1-23(2,3)27(5,6)22(25-18-24-4)17-21(19-13-9-7-10-14-19)26-20-15-11-8-12-16-20/h8,11-12,15-16,19H,7,9-10,13-14,18H2,1-6H3. The Morgan fingerprint density at radius 2 is 1.74 bits per heavy atom. The highest BCUT2D eigenvalue weighted by atomic mass is 32.2. The molecule has 150 valence electrons. The maximum atomic E-state index is 6.15. The molecule has 1 aromatic carbocycles. The fourth-order valence-corrected chi connectivity index (χ4v) is 5.87. The third-order valence-electron chi connectivity index (χ3n) is 5.95. The van der Waals surface area contributed by atoms with Gasteiger partial charge in [-0.05, 0) is 35.9 Å². The number of hydrogen-bond donors (Lipinski definition) is 0. The van der Waals surface area contributed by atoms with Crippen molar-refractivity contribution in [3.63, 3.8) is 0 Å². The zero-order valence-corrected chi connectivity index (χ0v) is 19.7. The van der Waals surface area contributed by atoms with E-state index in [1.165, 1.54) is 41.9 Å². The Labute approximate surface area is 171 Å². The lowest BCUT2D eigenvalue weighted by atomic mass is 9.89. The summed E-state index contributed by atoms with van der Waals surface area (Å²) in [5.41, 5.74) is 3.81. The van der Waals surface area contributed by atoms with E-state index < -0.39 is 8.07 Å². The number of thioether (sulfide) groups is 1. The van der Waals surface area contributed by atoms with Crippen molar-refractivity contribution in [1.29, 1.82) is 0 Å². The van der Waals surface area contributed by atoms with Crippen LogP contribution in [-0.2, 0) is 9.47 Å². The van der Waals surface area contributed by atoms with Gasteiger partial charge in [0.15, 0.2) is 6.79 Å². The summed E-state index contributed by atoms with van der Waals surface area (Å²) in [6.45, 7) is 12.0. The number of allylic oxidation sites excluding steroid dienone is 1. The van der Waals surface area contributed by atoms with Gasteiger partial charge >= 0.3 is 0 Å². The Morgan fingerprint density at radius 3 is 2.30 bits per heavy atom. The normalized spacial score (nSPS) is 15.9. The van der Waals surface area contributed by atoms with Crippen molar-refractivity contribution in [3.05, 3.63) is 46.4 Å². The summed E-state index contributed by atoms with van der Waals surface area (Å²) in [5, 5.41) is 1.24. The van der Waals surface area contributed by atoms with Crippen LogP contribution in [0.2, 0.25) is 18.1 Å². The second-order valence-electron chi connectivity index (χ2n) is 8.99. The molecule has 0 bridgehead atoms. The molecule has 0 radical (unpaired) electrons. The van der Waals surface area contributed by atoms with Crippen LogP contribution in [0, 0.1) is 5.92 Å². The molecule has 1 aliphatic rings. The van der Waals surface area contributed by atoms with E-state index in [4.69, 9.17) is 9.47 Å². The molecule has 0 unspecified atom stereocenters. The molecule has 1 saturated carbocycles. The molecule has 2 rings (SSSR count). The highest BCUT2D eigenvalue weighted by Crippen LogP contribution is 2.43. The molecule has 0 heterocycles. The minimum atomic E-state index is -1.85. The SMILES string of the molecule is COCOC(=C=C(Sc1ccccc1)C1CCCCC1)[Si](C)(C)C(C)(C)C. The Balaban J connectivity index is 2.52. The second kappa shape index (κ2) is 10.0. The molecule has 0 saturated heterocycles. The number of benzene rings is 1. The smallest absolute Gasteiger partial charge is 0.188 e. The van der Waals surface area contributed by atoms with E-state index in [0.29, 0.717) is 12.7 Å². The number of hydrogen-bond acceptors (Lipinski definition) is 3. The first-order chi connectivity index (χ1) is 12.8. The van der Waals surface area contributed by atoms with Gasteiger partial charge in [-0.25, -0.2) is 0 Å². The van der Waals surface area contributed by atoms with Crippen LogP contribution in [0.1, 0.15) is 52.9 Å². The Hall–Kier alpha value is -0.933. The highest BCUT2D eigenvalue weighted by molar-refractivity contribution is 8.03. The minimum Gasteiger partial charge on any atom is -0.469 e. The first-order valence-electron chi connectivity index (χ1n) is 10.1. The molecule has 1 aliphatic carbocycles. The van der Waals surface area contributed by atoms with Crippen LogP contribution >= 0.6 is 11.8 Å². The van der Waals surface area contributed by atoms with Crippen LogP contribution in [0.15, 0.2) is 51.2 Å². The molecule has 4 heteroatoms. The number of rotatable bonds is 7. The van der Waals surface area contributed by atoms with Crippen molar-refractivity contribution < 1.29 is 9.47 Å². The molecule has 0 N–H and O–H groups in total. The summed E-state index contributed by atoms with van der Waals surface area (Å²) in [6, 6.07) is 10.7. The van der Waals surface area contributed by atoms with Gasteiger partial charge in [-0.3, -0.25) is 0 Å². The largest absolute Gasteiger partial charge is 0.469 e. The van der Waals surface area contributed by atoms with Crippen LogP contribution in [0.5, 0.6) is 0 Å². The molecule has 0 atom stereocenters. The zero-order chi connectivity index (χ0) is 19.9. The van der Waals surface area contributed by atoms with Gasteiger partial charge in [-0.1, -0.05) is 88.8 Å². The van der Waals surface area contributed by atoms with Crippen molar-refractivity contribution in [2.24, 2.45) is 5.92 Å². The van der Waals surface area contributed by atoms with Crippen LogP contribution in [0.4, 0.5) is 0 Å². The van der Waals surface area contributed by atoms with Crippen LogP contribution in [-0.4, -0.2) is 22.0 Å². The van der Waals surface area contributed by atoms with Gasteiger partial charge in [0.1, 0.15) is 13.5 Å². The third-order valence-corrected chi connectivity index (χ3v) is 12.3. The van der Waals surface area contributed by atoms with Crippen LogP contribution in [0.25, 0.3) is 0 Å². The van der Waals surface area contributed by atoms with Gasteiger partial charge < -0.3 is 9.47 Å². The van der Waals surface area contributed by atoms with E-state index in [-0.39, 0.29) is 5.04 Å². The summed E-state index contributed by atoms with van der Waals surface area (Å²) in [7, 11) is -0.158. The topological polar surface area (TPSA) is 18.5 Å². The molecular formula is C23H36O2SSi. The lowest BCUT2D eigenvalue weighted by Gasteiger charge is -2.37. The van der Waals surface area contributed by atoms with Gasteiger partial charge in [-0.2, -0.15) is 0 Å². The van der Waals surface area contributed by atoms with Crippen LogP contribution < -0.4 is 0 Å². The lowest BCUT2D eigenvalue weighted by molar-refractivity contribution is 0.0127. The predicted molar refractivity (Wildman–Crippen MR) is 120 cm³/mol. The van der Waals surface area contributed by atoms with E-state index in [0.717, 1.165) is 5.38 Å². The van der Waals surface area contributed by atoms with Gasteiger partial charge in [0.05, 0.1) is 0 Å². The first kappa shape index (κ1) is 22.4. The number of methoxy groups -OCH3 is 1. The molecule has 0 aliphatic heterocycles. The third kappa shape index (κ3) is 6.28. The second-order valence-corrected chi connectivity index (χ2v) is 15.3. The average molecular weight is 405 g/mol. The highest BCUT2D eigenvalue weighted by Gasteiger charge is 2.41. The maximum absolute atomic E-state index is 6.15. The molecule has 0 aromatic heterocycles. The van der Waals surface area contributed by atoms with Crippen molar-refractivity contribution in [3.8, 4) is 0 Å². The summed E-state index contributed by atoms with van der Waals surface area (Å²) in [4.78, 5) is 2.63. The molecule has 1 aromatic rings. The van der Waals surface area contributed by atoms with Gasteiger partial charge in [0, 0.05) is 16.9 Å². The van der Waals surface area contributed by atoms with Crippen molar-refractivity contribution >= 4 is 19.8 Å². The first-order valence-corrected chi connectivity index (χ1v) is 13.9. The van der Waals surface area contributed by atoms with Crippen molar-refractivity contribution in [2.75, 3.05) is 13.9 Å². The van der Waals surface area contributed by atoms with Gasteiger partial charge in [0.2, 0.25) is 0 Å².